The van der Waals surface area contributed by atoms with E-state index >= 15 is 0 Å². The normalized spacial score (nSPS) is 9.47. The van der Waals surface area contributed by atoms with Crippen molar-refractivity contribution in [3.05, 3.63) is 46.5 Å². The summed E-state index contributed by atoms with van der Waals surface area (Å²) < 4.78 is 9.73. The molecule has 0 fully saturated rings. The van der Waals surface area contributed by atoms with Crippen LogP contribution in [0, 0.1) is 10.1 Å². The van der Waals surface area contributed by atoms with Crippen molar-refractivity contribution in [2.75, 3.05) is 13.7 Å². The van der Waals surface area contributed by atoms with Crippen molar-refractivity contribution >= 4 is 11.7 Å². The second-order valence-corrected chi connectivity index (χ2v) is 3.03. The lowest BCUT2D eigenvalue weighted by Gasteiger charge is -2.07. The zero-order chi connectivity index (χ0) is 12.8. The Morgan fingerprint density at radius 3 is 2.82 bits per heavy atom. The quantitative estimate of drug-likeness (QED) is 0.338. The Morgan fingerprint density at radius 2 is 2.29 bits per heavy atom. The molecule has 0 radical (unpaired) electrons. The number of esters is 1. The SMILES string of the molecule is C=CCOC(=O)c1cc([N+](=O)[O-])ccc1OC. The molecule has 6 nitrogen and oxygen atoms in total. The topological polar surface area (TPSA) is 78.7 Å². The van der Waals surface area contributed by atoms with Gasteiger partial charge in [-0.15, -0.1) is 0 Å². The molecule has 6 heteroatoms. The second kappa shape index (κ2) is 5.64. The van der Waals surface area contributed by atoms with Crippen molar-refractivity contribution in [1.29, 1.82) is 0 Å². The van der Waals surface area contributed by atoms with E-state index in [1.807, 2.05) is 0 Å². The molecule has 0 atom stereocenters. The van der Waals surface area contributed by atoms with E-state index in [1.165, 1.54) is 25.3 Å². The van der Waals surface area contributed by atoms with Gasteiger partial charge >= 0.3 is 5.97 Å². The summed E-state index contributed by atoms with van der Waals surface area (Å²) in [6.45, 7) is 3.43. The van der Waals surface area contributed by atoms with Gasteiger partial charge in [-0.2, -0.15) is 0 Å². The Labute approximate surface area is 97.6 Å². The van der Waals surface area contributed by atoms with Crippen molar-refractivity contribution in [1.82, 2.24) is 0 Å². The van der Waals surface area contributed by atoms with Crippen LogP contribution in [0.3, 0.4) is 0 Å². The van der Waals surface area contributed by atoms with Crippen LogP contribution in [0.25, 0.3) is 0 Å². The molecule has 0 saturated carbocycles. The van der Waals surface area contributed by atoms with Crippen molar-refractivity contribution < 1.29 is 19.2 Å². The number of non-ortho nitro benzene ring substituents is 1. The van der Waals surface area contributed by atoms with Crippen LogP contribution in [0.4, 0.5) is 5.69 Å². The number of nitro benzene ring substituents is 1. The molecule has 17 heavy (non-hydrogen) atoms. The molecule has 0 aliphatic carbocycles. The molecule has 0 spiro atoms. The average Bonchev–Trinajstić information content (AvgIpc) is 2.34. The van der Waals surface area contributed by atoms with Crippen LogP contribution in [0.15, 0.2) is 30.9 Å². The Kier molecular flexibility index (Phi) is 4.21. The molecule has 1 aromatic rings. The first-order chi connectivity index (χ1) is 8.10. The van der Waals surface area contributed by atoms with Crippen molar-refractivity contribution in [2.24, 2.45) is 0 Å². The largest absolute Gasteiger partial charge is 0.496 e. The van der Waals surface area contributed by atoms with Crippen LogP contribution < -0.4 is 4.74 Å². The minimum absolute atomic E-state index is 0.0172. The first-order valence-corrected chi connectivity index (χ1v) is 4.70. The van der Waals surface area contributed by atoms with Crippen molar-refractivity contribution in [3.8, 4) is 5.75 Å². The summed E-state index contributed by atoms with van der Waals surface area (Å²) in [6, 6.07) is 3.72. The molecule has 0 aliphatic heterocycles. The Morgan fingerprint density at radius 1 is 1.59 bits per heavy atom. The van der Waals surface area contributed by atoms with Gasteiger partial charge in [0.15, 0.2) is 0 Å². The lowest BCUT2D eigenvalue weighted by molar-refractivity contribution is -0.384. The van der Waals surface area contributed by atoms with Crippen LogP contribution >= 0.6 is 0 Å². The smallest absolute Gasteiger partial charge is 0.342 e. The fraction of sp³-hybridized carbons (Fsp3) is 0.182. The van der Waals surface area contributed by atoms with E-state index < -0.39 is 10.9 Å². The molecule has 0 aliphatic rings. The van der Waals surface area contributed by atoms with E-state index in [4.69, 9.17) is 9.47 Å². The number of methoxy groups -OCH3 is 1. The van der Waals surface area contributed by atoms with Gasteiger partial charge in [-0.05, 0) is 6.07 Å². The predicted octanol–water partition coefficient (Wildman–Crippen LogP) is 1.95. The summed E-state index contributed by atoms with van der Waals surface area (Å²) in [5.41, 5.74) is -0.181. The number of hydrogen-bond acceptors (Lipinski definition) is 5. The van der Waals surface area contributed by atoms with Gasteiger partial charge in [0.2, 0.25) is 0 Å². The summed E-state index contributed by atoms with van der Waals surface area (Å²) >= 11 is 0. The van der Waals surface area contributed by atoms with E-state index in [-0.39, 0.29) is 23.6 Å². The van der Waals surface area contributed by atoms with Crippen LogP contribution in [0.2, 0.25) is 0 Å². The molecule has 0 N–H and O–H groups in total. The highest BCUT2D eigenvalue weighted by molar-refractivity contribution is 5.93. The molecule has 0 unspecified atom stereocenters. The van der Waals surface area contributed by atoms with Crippen LogP contribution in [0.5, 0.6) is 5.75 Å². The Hall–Kier alpha value is -2.37. The van der Waals surface area contributed by atoms with Gasteiger partial charge < -0.3 is 9.47 Å². The molecule has 0 heterocycles. The molecular weight excluding hydrogens is 226 g/mol. The number of nitro groups is 1. The lowest BCUT2D eigenvalue weighted by Crippen LogP contribution is -2.07. The van der Waals surface area contributed by atoms with E-state index in [0.29, 0.717) is 0 Å². The van der Waals surface area contributed by atoms with Gasteiger partial charge in [-0.25, -0.2) is 4.79 Å². The maximum atomic E-state index is 11.6. The molecular formula is C11H11NO5. The number of carbonyl (C=O) groups excluding carboxylic acids is 1. The minimum atomic E-state index is -0.689. The van der Waals surface area contributed by atoms with E-state index in [9.17, 15) is 14.9 Å². The average molecular weight is 237 g/mol. The van der Waals surface area contributed by atoms with Gasteiger partial charge in [0.1, 0.15) is 17.9 Å². The molecule has 1 aromatic carbocycles. The van der Waals surface area contributed by atoms with Gasteiger partial charge in [0, 0.05) is 12.1 Å². The molecule has 1 rings (SSSR count). The Balaban J connectivity index is 3.09. The second-order valence-electron chi connectivity index (χ2n) is 3.03. The minimum Gasteiger partial charge on any atom is -0.496 e. The first kappa shape index (κ1) is 12.7. The van der Waals surface area contributed by atoms with Gasteiger partial charge in [0.05, 0.1) is 12.0 Å². The first-order valence-electron chi connectivity index (χ1n) is 4.70. The number of benzene rings is 1. The van der Waals surface area contributed by atoms with Crippen LogP contribution in [-0.2, 0) is 4.74 Å². The molecule has 0 aromatic heterocycles. The zero-order valence-corrected chi connectivity index (χ0v) is 9.21. The summed E-state index contributed by atoms with van der Waals surface area (Å²) in [7, 11) is 1.37. The molecule has 0 amide bonds. The van der Waals surface area contributed by atoms with Crippen LogP contribution in [0.1, 0.15) is 10.4 Å². The van der Waals surface area contributed by atoms with E-state index in [2.05, 4.69) is 6.58 Å². The summed E-state index contributed by atoms with van der Waals surface area (Å²) in [5.74, 6) is -0.463. The predicted molar refractivity (Wildman–Crippen MR) is 60.1 cm³/mol. The maximum absolute atomic E-state index is 11.6. The fourth-order valence-corrected chi connectivity index (χ4v) is 1.18. The molecule has 0 bridgehead atoms. The lowest BCUT2D eigenvalue weighted by atomic mass is 10.2. The van der Waals surface area contributed by atoms with E-state index in [0.717, 1.165) is 6.07 Å². The number of nitrogens with zero attached hydrogens (tertiary/aromatic N) is 1. The van der Waals surface area contributed by atoms with Crippen molar-refractivity contribution in [2.45, 2.75) is 0 Å². The summed E-state index contributed by atoms with van der Waals surface area (Å²) in [6.07, 6.45) is 1.40. The summed E-state index contributed by atoms with van der Waals surface area (Å²) in [5, 5.41) is 10.6. The highest BCUT2D eigenvalue weighted by Crippen LogP contribution is 2.24. The molecule has 90 valence electrons. The highest BCUT2D eigenvalue weighted by atomic mass is 16.6. The van der Waals surface area contributed by atoms with Gasteiger partial charge in [0.25, 0.3) is 5.69 Å². The third-order valence-corrected chi connectivity index (χ3v) is 1.95. The third kappa shape index (κ3) is 3.04. The van der Waals surface area contributed by atoms with E-state index in [1.54, 1.807) is 0 Å². The standard InChI is InChI=1S/C11H11NO5/c1-3-6-17-11(13)9-7-8(12(14)15)4-5-10(9)16-2/h3-5,7H,1,6H2,2H3. The Bertz CT molecular complexity index is 455. The van der Waals surface area contributed by atoms with Crippen molar-refractivity contribution in [3.63, 3.8) is 0 Å². The number of rotatable bonds is 5. The van der Waals surface area contributed by atoms with Gasteiger partial charge in [-0.3, -0.25) is 10.1 Å². The number of carbonyl (C=O) groups is 1. The monoisotopic (exact) mass is 237 g/mol. The number of hydrogen-bond donors (Lipinski definition) is 0. The summed E-state index contributed by atoms with van der Waals surface area (Å²) in [4.78, 5) is 21.6. The maximum Gasteiger partial charge on any atom is 0.342 e. The highest BCUT2D eigenvalue weighted by Gasteiger charge is 2.18. The molecule has 0 saturated heterocycles. The van der Waals surface area contributed by atoms with Gasteiger partial charge in [-0.1, -0.05) is 12.7 Å². The zero-order valence-electron chi connectivity index (χ0n) is 9.21. The number of ether oxygens (including phenoxy) is 2. The van der Waals surface area contributed by atoms with Crippen LogP contribution in [-0.4, -0.2) is 24.6 Å². The third-order valence-electron chi connectivity index (χ3n) is 1.95. The fourth-order valence-electron chi connectivity index (χ4n) is 1.18.